The molecule has 0 saturated heterocycles. The van der Waals surface area contributed by atoms with Gasteiger partial charge in [-0.15, -0.1) is 0 Å². The third kappa shape index (κ3) is 4.33. The minimum atomic E-state index is -1.01. The lowest BCUT2D eigenvalue weighted by Crippen LogP contribution is -2.36. The highest BCUT2D eigenvalue weighted by molar-refractivity contribution is 6.30. The highest BCUT2D eigenvalue weighted by Crippen LogP contribution is 2.34. The summed E-state index contributed by atoms with van der Waals surface area (Å²) in [5.41, 5.74) is 0.657. The van der Waals surface area contributed by atoms with E-state index < -0.39 is 23.3 Å². The fraction of sp³-hybridized carbons (Fsp3) is 0.182. The zero-order chi connectivity index (χ0) is 22.9. The predicted octanol–water partition coefficient (Wildman–Crippen LogP) is 3.00. The standard InChI is InChI=1S/C22H18ClN5O5/c23-11-1-3-12(4-2-11)25-22-27-19-18(21(31)28-22)14(10-17(29)26-19)20(30)24-13-5-6-15-16(9-13)33-8-7-32-15/h1-6,9,14H,7-8,10H2,(H,24,30)(H3,25,26,27,28,29,31). The van der Waals surface area contributed by atoms with Gasteiger partial charge < -0.3 is 25.4 Å². The summed E-state index contributed by atoms with van der Waals surface area (Å²) < 4.78 is 11.0. The molecule has 2 aliphatic heterocycles. The van der Waals surface area contributed by atoms with Crippen LogP contribution in [0, 0.1) is 0 Å². The third-order valence-electron chi connectivity index (χ3n) is 5.18. The molecule has 11 heteroatoms. The molecule has 1 unspecified atom stereocenters. The van der Waals surface area contributed by atoms with Gasteiger partial charge in [0.2, 0.25) is 17.8 Å². The number of nitrogens with zero attached hydrogens (tertiary/aromatic N) is 1. The lowest BCUT2D eigenvalue weighted by atomic mass is 9.92. The molecule has 4 N–H and O–H groups in total. The smallest absolute Gasteiger partial charge is 0.258 e. The Labute approximate surface area is 192 Å². The number of H-pyrrole nitrogens is 1. The fourth-order valence-corrected chi connectivity index (χ4v) is 3.80. The Kier molecular flexibility index (Phi) is 5.35. The number of ether oxygens (including phenoxy) is 2. The van der Waals surface area contributed by atoms with Gasteiger partial charge in [0.05, 0.1) is 11.5 Å². The maximum atomic E-state index is 13.0. The number of amides is 2. The van der Waals surface area contributed by atoms with E-state index in [-0.39, 0.29) is 23.8 Å². The Morgan fingerprint density at radius 1 is 1.03 bits per heavy atom. The lowest BCUT2D eigenvalue weighted by Gasteiger charge is -2.24. The second-order valence-corrected chi connectivity index (χ2v) is 7.90. The maximum Gasteiger partial charge on any atom is 0.258 e. The molecule has 0 bridgehead atoms. The Bertz CT molecular complexity index is 1310. The first-order valence-electron chi connectivity index (χ1n) is 10.1. The van der Waals surface area contributed by atoms with E-state index in [2.05, 4.69) is 25.9 Å². The van der Waals surface area contributed by atoms with Crippen LogP contribution in [-0.2, 0) is 9.59 Å². The first-order valence-corrected chi connectivity index (χ1v) is 10.5. The number of fused-ring (bicyclic) bond motifs is 2. The normalized spacial score (nSPS) is 16.4. The summed E-state index contributed by atoms with van der Waals surface area (Å²) in [5.74, 6) is -0.680. The maximum absolute atomic E-state index is 13.0. The van der Waals surface area contributed by atoms with Crippen LogP contribution in [0.25, 0.3) is 0 Å². The number of aromatic nitrogens is 2. The van der Waals surface area contributed by atoms with Gasteiger partial charge in [-0.05, 0) is 36.4 Å². The molecular weight excluding hydrogens is 450 g/mol. The van der Waals surface area contributed by atoms with Crippen LogP contribution in [0.4, 0.5) is 23.1 Å². The molecule has 3 aromatic rings. The van der Waals surface area contributed by atoms with Crippen molar-refractivity contribution in [3.63, 3.8) is 0 Å². The van der Waals surface area contributed by atoms with Crippen molar-refractivity contribution in [3.05, 3.63) is 63.4 Å². The average molecular weight is 468 g/mol. The zero-order valence-corrected chi connectivity index (χ0v) is 17.9. The molecule has 0 radical (unpaired) electrons. The third-order valence-corrected chi connectivity index (χ3v) is 5.44. The van der Waals surface area contributed by atoms with Crippen LogP contribution in [0.1, 0.15) is 17.9 Å². The highest BCUT2D eigenvalue weighted by atomic mass is 35.5. The largest absolute Gasteiger partial charge is 0.486 e. The Balaban J connectivity index is 1.41. The summed E-state index contributed by atoms with van der Waals surface area (Å²) in [4.78, 5) is 45.1. The fourth-order valence-electron chi connectivity index (χ4n) is 3.67. The van der Waals surface area contributed by atoms with Crippen LogP contribution in [0.15, 0.2) is 47.3 Å². The first-order chi connectivity index (χ1) is 16.0. The van der Waals surface area contributed by atoms with E-state index in [0.29, 0.717) is 41.1 Å². The number of benzene rings is 2. The van der Waals surface area contributed by atoms with E-state index in [1.165, 1.54) is 0 Å². The molecule has 2 amide bonds. The van der Waals surface area contributed by atoms with Crippen LogP contribution in [0.2, 0.25) is 5.02 Å². The van der Waals surface area contributed by atoms with Crippen molar-refractivity contribution < 1.29 is 19.1 Å². The van der Waals surface area contributed by atoms with Crippen LogP contribution in [-0.4, -0.2) is 35.0 Å². The van der Waals surface area contributed by atoms with Gasteiger partial charge in [0.15, 0.2) is 11.5 Å². The molecule has 3 heterocycles. The minimum absolute atomic E-state index is 0.0359. The van der Waals surface area contributed by atoms with Crippen LogP contribution < -0.4 is 31.0 Å². The zero-order valence-electron chi connectivity index (χ0n) is 17.1. The Morgan fingerprint density at radius 2 is 1.76 bits per heavy atom. The van der Waals surface area contributed by atoms with Crippen LogP contribution >= 0.6 is 11.6 Å². The number of halogens is 1. The monoisotopic (exact) mass is 467 g/mol. The minimum Gasteiger partial charge on any atom is -0.486 e. The molecule has 1 atom stereocenters. The summed E-state index contributed by atoms with van der Waals surface area (Å²) in [6.07, 6.45) is -0.182. The van der Waals surface area contributed by atoms with Gasteiger partial charge in [-0.1, -0.05) is 11.6 Å². The summed E-state index contributed by atoms with van der Waals surface area (Å²) in [7, 11) is 0. The number of aromatic amines is 1. The molecule has 2 aromatic carbocycles. The van der Waals surface area contributed by atoms with Gasteiger partial charge in [-0.2, -0.15) is 4.98 Å². The molecule has 2 aliphatic rings. The van der Waals surface area contributed by atoms with Crippen LogP contribution in [0.5, 0.6) is 11.5 Å². The molecule has 168 valence electrons. The molecular formula is C22H18ClN5O5. The van der Waals surface area contributed by atoms with Crippen molar-refractivity contribution in [2.75, 3.05) is 29.2 Å². The van der Waals surface area contributed by atoms with Crippen molar-refractivity contribution in [1.29, 1.82) is 0 Å². The number of carbonyl (C=O) groups is 2. The summed E-state index contributed by atoms with van der Waals surface area (Å²) in [5, 5.41) is 8.83. The molecule has 0 saturated carbocycles. The predicted molar refractivity (Wildman–Crippen MR) is 122 cm³/mol. The second-order valence-electron chi connectivity index (χ2n) is 7.46. The van der Waals surface area contributed by atoms with Gasteiger partial charge in [-0.3, -0.25) is 19.4 Å². The Morgan fingerprint density at radius 3 is 2.55 bits per heavy atom. The summed E-state index contributed by atoms with van der Waals surface area (Å²) >= 11 is 5.89. The molecule has 0 fully saturated rings. The number of rotatable bonds is 4. The molecule has 0 aliphatic carbocycles. The van der Waals surface area contributed by atoms with E-state index in [9.17, 15) is 14.4 Å². The van der Waals surface area contributed by atoms with Gasteiger partial charge in [-0.25, -0.2) is 0 Å². The average Bonchev–Trinajstić information content (AvgIpc) is 2.79. The SMILES string of the molecule is O=C1CC(C(=O)Nc2ccc3c(c2)OCCO3)c2c(nc(Nc3ccc(Cl)cc3)[nH]c2=O)N1. The topological polar surface area (TPSA) is 134 Å². The molecule has 0 spiro atoms. The van der Waals surface area contributed by atoms with E-state index in [4.69, 9.17) is 21.1 Å². The Hall–Kier alpha value is -4.05. The van der Waals surface area contributed by atoms with Gasteiger partial charge >= 0.3 is 0 Å². The second kappa shape index (κ2) is 8.47. The van der Waals surface area contributed by atoms with Crippen molar-refractivity contribution >= 4 is 46.6 Å². The van der Waals surface area contributed by atoms with Crippen molar-refractivity contribution in [1.82, 2.24) is 9.97 Å². The number of hydrogen-bond donors (Lipinski definition) is 4. The summed E-state index contributed by atoms with van der Waals surface area (Å²) in [6.45, 7) is 0.866. The van der Waals surface area contributed by atoms with Crippen molar-refractivity contribution in [3.8, 4) is 11.5 Å². The lowest BCUT2D eigenvalue weighted by molar-refractivity contribution is -0.123. The number of carbonyl (C=O) groups excluding carboxylic acids is 2. The van der Waals surface area contributed by atoms with Crippen molar-refractivity contribution in [2.24, 2.45) is 0 Å². The molecule has 33 heavy (non-hydrogen) atoms. The quantitative estimate of drug-likeness (QED) is 0.463. The molecule has 5 rings (SSSR count). The number of anilines is 4. The number of hydrogen-bond acceptors (Lipinski definition) is 7. The summed E-state index contributed by atoms with van der Waals surface area (Å²) in [6, 6.07) is 11.8. The van der Waals surface area contributed by atoms with E-state index in [1.807, 2.05) is 0 Å². The van der Waals surface area contributed by atoms with E-state index in [1.54, 1.807) is 42.5 Å². The first kappa shape index (κ1) is 20.8. The molecule has 10 nitrogen and oxygen atoms in total. The van der Waals surface area contributed by atoms with Gasteiger partial charge in [0, 0.05) is 28.9 Å². The van der Waals surface area contributed by atoms with Crippen LogP contribution in [0.3, 0.4) is 0 Å². The van der Waals surface area contributed by atoms with Crippen molar-refractivity contribution in [2.45, 2.75) is 12.3 Å². The highest BCUT2D eigenvalue weighted by Gasteiger charge is 2.35. The van der Waals surface area contributed by atoms with E-state index in [0.717, 1.165) is 0 Å². The van der Waals surface area contributed by atoms with Gasteiger partial charge in [0.1, 0.15) is 19.0 Å². The van der Waals surface area contributed by atoms with E-state index >= 15 is 0 Å². The molecule has 1 aromatic heterocycles. The van der Waals surface area contributed by atoms with Gasteiger partial charge in [0.25, 0.3) is 5.56 Å². The number of nitrogens with one attached hydrogen (secondary N) is 4.